The minimum Gasteiger partial charge on any atom is -0.478 e. The Hall–Kier alpha value is -2.41. The Kier molecular flexibility index (Phi) is 7.21. The third-order valence-corrected chi connectivity index (χ3v) is 3.21. The molecule has 0 bridgehead atoms. The number of aromatic carboxylic acids is 2. The highest BCUT2D eigenvalue weighted by molar-refractivity contribution is 6.01. The van der Waals surface area contributed by atoms with Crippen LogP contribution in [0.25, 0.3) is 0 Å². The molecule has 1 saturated heterocycles. The topological polar surface area (TPSA) is 110 Å². The summed E-state index contributed by atoms with van der Waals surface area (Å²) < 4.78 is 9.66. The van der Waals surface area contributed by atoms with Gasteiger partial charge in [-0.05, 0) is 44.4 Å². The van der Waals surface area contributed by atoms with Gasteiger partial charge >= 0.3 is 17.9 Å². The van der Waals surface area contributed by atoms with E-state index in [2.05, 4.69) is 0 Å². The fraction of sp³-hybridized carbons (Fsp3) is 0.438. The van der Waals surface area contributed by atoms with E-state index in [1.54, 1.807) is 6.92 Å². The van der Waals surface area contributed by atoms with Crippen molar-refractivity contribution in [3.05, 3.63) is 34.4 Å². The van der Waals surface area contributed by atoms with Gasteiger partial charge in [-0.25, -0.2) is 14.4 Å². The molecule has 0 aliphatic carbocycles. The number of esters is 1. The van der Waals surface area contributed by atoms with Crippen molar-refractivity contribution in [3.63, 3.8) is 0 Å². The van der Waals surface area contributed by atoms with E-state index in [4.69, 9.17) is 19.7 Å². The van der Waals surface area contributed by atoms with Crippen LogP contribution in [0.2, 0.25) is 0 Å². The van der Waals surface area contributed by atoms with Gasteiger partial charge in [0.25, 0.3) is 0 Å². The number of carbonyl (C=O) groups is 3. The summed E-state index contributed by atoms with van der Waals surface area (Å²) in [7, 11) is 0. The van der Waals surface area contributed by atoms with Gasteiger partial charge < -0.3 is 19.7 Å². The quantitative estimate of drug-likeness (QED) is 0.818. The molecule has 2 rings (SSSR count). The van der Waals surface area contributed by atoms with Gasteiger partial charge in [-0.15, -0.1) is 0 Å². The van der Waals surface area contributed by atoms with Crippen LogP contribution in [0.3, 0.4) is 0 Å². The standard InChI is InChI=1S/C12H12O6.C4H8O/c1-3-18-12(17)7-4-8(10(13)14)6(2)9(5-7)11(15)16;1-2-4-5-3-1/h4-5H,3H2,1-2H3,(H,13,14)(H,15,16);1-4H2. The van der Waals surface area contributed by atoms with Crippen LogP contribution in [-0.4, -0.2) is 47.9 Å². The van der Waals surface area contributed by atoms with Crippen molar-refractivity contribution in [2.24, 2.45) is 0 Å². The normalized spacial score (nSPS) is 13.0. The van der Waals surface area contributed by atoms with Gasteiger partial charge in [0.2, 0.25) is 0 Å². The van der Waals surface area contributed by atoms with E-state index in [0.717, 1.165) is 25.3 Å². The van der Waals surface area contributed by atoms with Crippen LogP contribution in [-0.2, 0) is 9.47 Å². The van der Waals surface area contributed by atoms with Crippen molar-refractivity contribution in [1.82, 2.24) is 0 Å². The zero-order chi connectivity index (χ0) is 17.4. The molecule has 0 saturated carbocycles. The van der Waals surface area contributed by atoms with Gasteiger partial charge in [0.15, 0.2) is 0 Å². The highest BCUT2D eigenvalue weighted by atomic mass is 16.5. The predicted octanol–water partition coefficient (Wildman–Crippen LogP) is 2.36. The minimum absolute atomic E-state index is 0.0859. The smallest absolute Gasteiger partial charge is 0.338 e. The van der Waals surface area contributed by atoms with Crippen molar-refractivity contribution < 1.29 is 34.1 Å². The molecule has 1 aliphatic heterocycles. The highest BCUT2D eigenvalue weighted by Gasteiger charge is 2.20. The van der Waals surface area contributed by atoms with E-state index in [-0.39, 0.29) is 28.9 Å². The van der Waals surface area contributed by atoms with Gasteiger partial charge in [0.1, 0.15) is 0 Å². The molecule has 1 heterocycles. The lowest BCUT2D eigenvalue weighted by Gasteiger charge is -2.08. The molecule has 0 radical (unpaired) electrons. The molecule has 0 spiro atoms. The van der Waals surface area contributed by atoms with Crippen LogP contribution in [0.1, 0.15) is 56.4 Å². The van der Waals surface area contributed by atoms with Crippen molar-refractivity contribution in [2.45, 2.75) is 26.7 Å². The summed E-state index contributed by atoms with van der Waals surface area (Å²) in [5.74, 6) is -3.33. The largest absolute Gasteiger partial charge is 0.478 e. The van der Waals surface area contributed by atoms with E-state index in [1.165, 1.54) is 19.8 Å². The molecule has 1 aliphatic rings. The molecule has 2 N–H and O–H groups in total. The molecule has 1 aromatic rings. The van der Waals surface area contributed by atoms with Crippen molar-refractivity contribution in [1.29, 1.82) is 0 Å². The molecule has 7 heteroatoms. The number of carbonyl (C=O) groups excluding carboxylic acids is 1. The van der Waals surface area contributed by atoms with Gasteiger partial charge in [-0.3, -0.25) is 0 Å². The molecule has 23 heavy (non-hydrogen) atoms. The first-order valence-corrected chi connectivity index (χ1v) is 7.24. The molecule has 0 atom stereocenters. The molecule has 1 aromatic carbocycles. The Bertz CT molecular complexity index is 545. The summed E-state index contributed by atoms with van der Waals surface area (Å²) in [5.41, 5.74) is -0.434. The first kappa shape index (κ1) is 18.6. The number of hydrogen-bond acceptors (Lipinski definition) is 5. The maximum atomic E-state index is 11.5. The van der Waals surface area contributed by atoms with Crippen LogP contribution < -0.4 is 0 Å². The zero-order valence-corrected chi connectivity index (χ0v) is 13.1. The van der Waals surface area contributed by atoms with Gasteiger partial charge in [0.05, 0.1) is 23.3 Å². The summed E-state index contributed by atoms with van der Waals surface area (Å²) >= 11 is 0. The van der Waals surface area contributed by atoms with Gasteiger partial charge in [0, 0.05) is 13.2 Å². The van der Waals surface area contributed by atoms with Crippen molar-refractivity contribution >= 4 is 17.9 Å². The lowest BCUT2D eigenvalue weighted by Crippen LogP contribution is -2.12. The van der Waals surface area contributed by atoms with E-state index < -0.39 is 17.9 Å². The van der Waals surface area contributed by atoms with E-state index >= 15 is 0 Å². The summed E-state index contributed by atoms with van der Waals surface area (Å²) in [6, 6.07) is 2.23. The maximum absolute atomic E-state index is 11.5. The third kappa shape index (κ3) is 5.37. The lowest BCUT2D eigenvalue weighted by atomic mass is 9.98. The Morgan fingerprint density at radius 2 is 1.57 bits per heavy atom. The van der Waals surface area contributed by atoms with E-state index in [9.17, 15) is 14.4 Å². The van der Waals surface area contributed by atoms with E-state index in [1.807, 2.05) is 0 Å². The Morgan fingerprint density at radius 1 is 1.09 bits per heavy atom. The average Bonchev–Trinajstić information content (AvgIpc) is 3.06. The number of benzene rings is 1. The first-order chi connectivity index (χ1) is 10.9. The predicted molar refractivity (Wildman–Crippen MR) is 81.1 cm³/mol. The fourth-order valence-electron chi connectivity index (χ4n) is 2.00. The van der Waals surface area contributed by atoms with E-state index in [0.29, 0.717) is 0 Å². The fourth-order valence-corrected chi connectivity index (χ4v) is 2.00. The number of ether oxygens (including phenoxy) is 2. The number of hydrogen-bond donors (Lipinski definition) is 2. The Morgan fingerprint density at radius 3 is 1.87 bits per heavy atom. The van der Waals surface area contributed by atoms with Crippen LogP contribution in [0.4, 0.5) is 0 Å². The molecule has 0 unspecified atom stereocenters. The number of rotatable bonds is 4. The Balaban J connectivity index is 0.000000446. The molecule has 0 aromatic heterocycles. The summed E-state index contributed by atoms with van der Waals surface area (Å²) in [6.45, 7) is 5.10. The van der Waals surface area contributed by atoms with Crippen molar-refractivity contribution in [3.8, 4) is 0 Å². The van der Waals surface area contributed by atoms with Gasteiger partial charge in [-0.2, -0.15) is 0 Å². The molecular formula is C16H20O7. The highest BCUT2D eigenvalue weighted by Crippen LogP contribution is 2.18. The number of carboxylic acids is 2. The summed E-state index contributed by atoms with van der Waals surface area (Å²) in [6.07, 6.45) is 2.56. The molecule has 126 valence electrons. The van der Waals surface area contributed by atoms with Crippen LogP contribution >= 0.6 is 0 Å². The first-order valence-electron chi connectivity index (χ1n) is 7.24. The molecule has 1 fully saturated rings. The van der Waals surface area contributed by atoms with Crippen LogP contribution in [0.5, 0.6) is 0 Å². The monoisotopic (exact) mass is 324 g/mol. The second-order valence-corrected chi connectivity index (χ2v) is 4.85. The van der Waals surface area contributed by atoms with Crippen molar-refractivity contribution in [2.75, 3.05) is 19.8 Å². The minimum atomic E-state index is -1.29. The summed E-state index contributed by atoms with van der Waals surface area (Å²) in [5, 5.41) is 17.9. The SMILES string of the molecule is C1CCOC1.CCOC(=O)c1cc(C(=O)O)c(C)c(C(=O)O)c1. The van der Waals surface area contributed by atoms with Gasteiger partial charge in [-0.1, -0.05) is 0 Å². The van der Waals surface area contributed by atoms with Crippen LogP contribution in [0, 0.1) is 6.92 Å². The second-order valence-electron chi connectivity index (χ2n) is 4.85. The van der Waals surface area contributed by atoms with Crippen LogP contribution in [0.15, 0.2) is 12.1 Å². The zero-order valence-electron chi connectivity index (χ0n) is 13.1. The molecule has 0 amide bonds. The lowest BCUT2D eigenvalue weighted by molar-refractivity contribution is 0.0526. The number of carboxylic acid groups (broad SMARTS) is 2. The molecule has 7 nitrogen and oxygen atoms in total. The Labute approximate surface area is 133 Å². The second kappa shape index (κ2) is 8.89. The average molecular weight is 324 g/mol. The molecular weight excluding hydrogens is 304 g/mol. The third-order valence-electron chi connectivity index (χ3n) is 3.21. The summed E-state index contributed by atoms with van der Waals surface area (Å²) in [4.78, 5) is 33.5. The maximum Gasteiger partial charge on any atom is 0.338 e.